The van der Waals surface area contributed by atoms with Crippen LogP contribution in [0.3, 0.4) is 0 Å². The van der Waals surface area contributed by atoms with Crippen molar-refractivity contribution in [3.8, 4) is 11.5 Å². The van der Waals surface area contributed by atoms with Crippen molar-refractivity contribution in [2.75, 3.05) is 33.9 Å². The van der Waals surface area contributed by atoms with Crippen LogP contribution in [0, 0.1) is 0 Å². The lowest BCUT2D eigenvalue weighted by atomic mass is 10.1. The normalized spacial score (nSPS) is 10.1. The van der Waals surface area contributed by atoms with Gasteiger partial charge in [0, 0.05) is 19.5 Å². The number of esters is 1. The van der Waals surface area contributed by atoms with E-state index in [1.54, 1.807) is 25.2 Å². The number of hydrogen-bond donors (Lipinski definition) is 0. The third-order valence-corrected chi connectivity index (χ3v) is 3.56. The summed E-state index contributed by atoms with van der Waals surface area (Å²) in [4.78, 5) is 25.2. The molecular formula is C17H25NO5. The Morgan fingerprint density at radius 2 is 1.78 bits per heavy atom. The molecule has 1 rings (SSSR count). The Morgan fingerprint density at radius 1 is 1.09 bits per heavy atom. The van der Waals surface area contributed by atoms with E-state index in [2.05, 4.69) is 0 Å². The Kier molecular flexibility index (Phi) is 7.94. The molecule has 23 heavy (non-hydrogen) atoms. The van der Waals surface area contributed by atoms with Gasteiger partial charge < -0.3 is 19.1 Å². The van der Waals surface area contributed by atoms with E-state index in [1.807, 2.05) is 26.0 Å². The predicted molar refractivity (Wildman–Crippen MR) is 86.8 cm³/mol. The molecule has 0 aliphatic rings. The Bertz CT molecular complexity index is 526. The van der Waals surface area contributed by atoms with Crippen molar-refractivity contribution in [2.24, 2.45) is 0 Å². The zero-order chi connectivity index (χ0) is 17.2. The Labute approximate surface area is 137 Å². The Morgan fingerprint density at radius 3 is 2.35 bits per heavy atom. The maximum absolute atomic E-state index is 11.8. The summed E-state index contributed by atoms with van der Waals surface area (Å²) in [5, 5.41) is 0. The van der Waals surface area contributed by atoms with Gasteiger partial charge in [-0.2, -0.15) is 0 Å². The zero-order valence-electron chi connectivity index (χ0n) is 14.3. The third kappa shape index (κ3) is 5.47. The topological polar surface area (TPSA) is 65.1 Å². The molecule has 0 radical (unpaired) electrons. The number of para-hydroxylation sites is 1. The zero-order valence-corrected chi connectivity index (χ0v) is 14.3. The number of carbonyl (C=O) groups is 2. The first kappa shape index (κ1) is 18.8. The molecule has 1 aromatic carbocycles. The molecule has 0 spiro atoms. The van der Waals surface area contributed by atoms with Gasteiger partial charge in [0.05, 0.1) is 14.2 Å². The molecule has 0 aliphatic carbocycles. The minimum absolute atomic E-state index is 0.176. The number of carbonyl (C=O) groups excluding carboxylic acids is 2. The molecule has 128 valence electrons. The van der Waals surface area contributed by atoms with Crippen LogP contribution < -0.4 is 9.47 Å². The molecule has 0 N–H and O–H groups in total. The first-order valence-corrected chi connectivity index (χ1v) is 7.70. The maximum atomic E-state index is 11.8. The van der Waals surface area contributed by atoms with Crippen molar-refractivity contribution in [3.63, 3.8) is 0 Å². The van der Waals surface area contributed by atoms with Crippen LogP contribution in [-0.4, -0.2) is 50.7 Å². The van der Waals surface area contributed by atoms with E-state index in [4.69, 9.17) is 14.2 Å². The predicted octanol–water partition coefficient (Wildman–Crippen LogP) is 2.05. The molecule has 0 atom stereocenters. The van der Waals surface area contributed by atoms with Crippen LogP contribution >= 0.6 is 0 Å². The number of aryl methyl sites for hydroxylation is 1. The first-order valence-electron chi connectivity index (χ1n) is 7.70. The van der Waals surface area contributed by atoms with E-state index in [1.165, 1.54) is 0 Å². The fourth-order valence-electron chi connectivity index (χ4n) is 2.27. The minimum atomic E-state index is -0.407. The highest BCUT2D eigenvalue weighted by molar-refractivity contribution is 5.80. The van der Waals surface area contributed by atoms with E-state index in [0.717, 1.165) is 5.56 Å². The van der Waals surface area contributed by atoms with Crippen LogP contribution in [0.25, 0.3) is 0 Å². The summed E-state index contributed by atoms with van der Waals surface area (Å²) in [5.74, 6) is 0.648. The summed E-state index contributed by atoms with van der Waals surface area (Å²) in [6.07, 6.45) is 0.633. The number of hydrogen-bond acceptors (Lipinski definition) is 5. The highest BCUT2D eigenvalue weighted by atomic mass is 16.5. The lowest BCUT2D eigenvalue weighted by Crippen LogP contribution is -2.34. The van der Waals surface area contributed by atoms with Crippen molar-refractivity contribution in [2.45, 2.75) is 26.7 Å². The van der Waals surface area contributed by atoms with Crippen LogP contribution in [-0.2, 0) is 20.7 Å². The number of ether oxygens (including phenoxy) is 3. The number of amides is 1. The molecule has 0 saturated heterocycles. The largest absolute Gasteiger partial charge is 0.493 e. The van der Waals surface area contributed by atoms with Crippen molar-refractivity contribution in [1.29, 1.82) is 0 Å². The quantitative estimate of drug-likeness (QED) is 0.651. The van der Waals surface area contributed by atoms with Crippen LogP contribution in [0.4, 0.5) is 0 Å². The fourth-order valence-corrected chi connectivity index (χ4v) is 2.27. The van der Waals surface area contributed by atoms with Gasteiger partial charge in [-0.15, -0.1) is 0 Å². The van der Waals surface area contributed by atoms with Crippen LogP contribution in [0.2, 0.25) is 0 Å². The number of nitrogens with zero attached hydrogens (tertiary/aromatic N) is 1. The van der Waals surface area contributed by atoms with Crippen LogP contribution in [0.5, 0.6) is 11.5 Å². The van der Waals surface area contributed by atoms with Gasteiger partial charge >= 0.3 is 5.97 Å². The summed E-state index contributed by atoms with van der Waals surface area (Å²) in [5.41, 5.74) is 0.860. The summed E-state index contributed by atoms with van der Waals surface area (Å²) in [7, 11) is 3.12. The molecule has 0 fully saturated rings. The van der Waals surface area contributed by atoms with E-state index < -0.39 is 5.97 Å². The number of benzene rings is 1. The number of likely N-dealkylation sites (N-methyl/N-ethyl adjacent to an activating group) is 1. The van der Waals surface area contributed by atoms with Crippen molar-refractivity contribution in [3.05, 3.63) is 23.8 Å². The monoisotopic (exact) mass is 323 g/mol. The second-order valence-corrected chi connectivity index (χ2v) is 4.88. The van der Waals surface area contributed by atoms with Gasteiger partial charge in [-0.1, -0.05) is 12.1 Å². The molecular weight excluding hydrogens is 298 g/mol. The molecule has 1 amide bonds. The molecule has 0 unspecified atom stereocenters. The molecule has 0 bridgehead atoms. The maximum Gasteiger partial charge on any atom is 0.306 e. The van der Waals surface area contributed by atoms with Gasteiger partial charge in [-0.05, 0) is 31.9 Å². The molecule has 1 aromatic rings. The fraction of sp³-hybridized carbons (Fsp3) is 0.529. The standard InChI is InChI=1S/C17H25NO5/c1-5-18(6-2)15(19)12-23-16(20)11-10-13-8-7-9-14(21-3)17(13)22-4/h7-9H,5-6,10-12H2,1-4H3. The lowest BCUT2D eigenvalue weighted by molar-refractivity contribution is -0.151. The Hall–Kier alpha value is -2.24. The third-order valence-electron chi connectivity index (χ3n) is 3.56. The SMILES string of the molecule is CCN(CC)C(=O)COC(=O)CCc1cccc(OC)c1OC. The van der Waals surface area contributed by atoms with Crippen LogP contribution in [0.1, 0.15) is 25.8 Å². The van der Waals surface area contributed by atoms with Gasteiger partial charge in [-0.3, -0.25) is 9.59 Å². The summed E-state index contributed by atoms with van der Waals surface area (Å²) >= 11 is 0. The number of methoxy groups -OCH3 is 2. The molecule has 0 heterocycles. The lowest BCUT2D eigenvalue weighted by Gasteiger charge is -2.18. The second kappa shape index (κ2) is 9.71. The minimum Gasteiger partial charge on any atom is -0.493 e. The molecule has 0 aliphatic heterocycles. The molecule has 0 aromatic heterocycles. The van der Waals surface area contributed by atoms with Gasteiger partial charge in [0.1, 0.15) is 0 Å². The van der Waals surface area contributed by atoms with Crippen molar-refractivity contribution < 1.29 is 23.8 Å². The highest BCUT2D eigenvalue weighted by Crippen LogP contribution is 2.31. The van der Waals surface area contributed by atoms with E-state index >= 15 is 0 Å². The van der Waals surface area contributed by atoms with Gasteiger partial charge in [-0.25, -0.2) is 0 Å². The van der Waals surface area contributed by atoms with Gasteiger partial charge in [0.25, 0.3) is 5.91 Å². The van der Waals surface area contributed by atoms with E-state index in [0.29, 0.717) is 31.0 Å². The second-order valence-electron chi connectivity index (χ2n) is 4.88. The van der Waals surface area contributed by atoms with Crippen LogP contribution in [0.15, 0.2) is 18.2 Å². The van der Waals surface area contributed by atoms with Crippen molar-refractivity contribution >= 4 is 11.9 Å². The summed E-state index contributed by atoms with van der Waals surface area (Å²) < 4.78 is 15.6. The first-order chi connectivity index (χ1) is 11.1. The summed E-state index contributed by atoms with van der Waals surface area (Å²) in [6.45, 7) is 4.77. The smallest absolute Gasteiger partial charge is 0.306 e. The Balaban J connectivity index is 2.52. The highest BCUT2D eigenvalue weighted by Gasteiger charge is 2.14. The van der Waals surface area contributed by atoms with Gasteiger partial charge in [0.15, 0.2) is 18.1 Å². The average molecular weight is 323 g/mol. The molecule has 0 saturated carbocycles. The average Bonchev–Trinajstić information content (AvgIpc) is 2.58. The summed E-state index contributed by atoms with van der Waals surface area (Å²) in [6, 6.07) is 5.50. The van der Waals surface area contributed by atoms with Crippen molar-refractivity contribution in [1.82, 2.24) is 4.90 Å². The molecule has 6 nitrogen and oxygen atoms in total. The van der Waals surface area contributed by atoms with E-state index in [9.17, 15) is 9.59 Å². The molecule has 6 heteroatoms. The van der Waals surface area contributed by atoms with Gasteiger partial charge in [0.2, 0.25) is 0 Å². The number of rotatable bonds is 9. The van der Waals surface area contributed by atoms with E-state index in [-0.39, 0.29) is 18.9 Å².